The molecule has 0 radical (unpaired) electrons. The number of benzene rings is 1. The van der Waals surface area contributed by atoms with Gasteiger partial charge in [-0.3, -0.25) is 4.99 Å². The molecule has 2 rings (SSSR count). The lowest BCUT2D eigenvalue weighted by Crippen LogP contribution is -2.47. The van der Waals surface area contributed by atoms with E-state index in [-0.39, 0.29) is 5.82 Å². The zero-order valence-corrected chi connectivity index (χ0v) is 17.2. The number of piperazine rings is 1. The van der Waals surface area contributed by atoms with Crippen molar-refractivity contribution < 1.29 is 4.39 Å². The Morgan fingerprint density at radius 3 is 2.37 bits per heavy atom. The number of hydrogen-bond acceptors (Lipinski definition) is 3. The van der Waals surface area contributed by atoms with E-state index in [2.05, 4.69) is 41.2 Å². The standard InChI is InChI=1S/C21H36FN5/c1-4-23-21(24-11-10-19-6-8-20(22)9-7-19)25-16-18(3)17-27-14-12-26(5-2)13-15-27/h6-9,18H,4-5,10-17H2,1-3H3,(H2,23,24,25). The lowest BCUT2D eigenvalue weighted by Gasteiger charge is -2.35. The van der Waals surface area contributed by atoms with Crippen LogP contribution in [0, 0.1) is 11.7 Å². The van der Waals surface area contributed by atoms with Gasteiger partial charge in [-0.05, 0) is 43.5 Å². The summed E-state index contributed by atoms with van der Waals surface area (Å²) in [7, 11) is 0. The molecule has 152 valence electrons. The summed E-state index contributed by atoms with van der Waals surface area (Å²) in [6.07, 6.45) is 0.849. The number of rotatable bonds is 9. The molecule has 5 nitrogen and oxygen atoms in total. The van der Waals surface area contributed by atoms with Gasteiger partial charge in [0.1, 0.15) is 5.82 Å². The normalized spacial score (nSPS) is 17.7. The monoisotopic (exact) mass is 377 g/mol. The van der Waals surface area contributed by atoms with Gasteiger partial charge in [-0.15, -0.1) is 0 Å². The second kappa shape index (κ2) is 11.9. The molecule has 0 aromatic heterocycles. The molecule has 1 fully saturated rings. The van der Waals surface area contributed by atoms with E-state index in [0.717, 1.165) is 63.8 Å². The molecular formula is C21H36FN5. The summed E-state index contributed by atoms with van der Waals surface area (Å²) in [5.41, 5.74) is 1.12. The molecule has 1 aromatic rings. The fraction of sp³-hybridized carbons (Fsp3) is 0.667. The summed E-state index contributed by atoms with van der Waals surface area (Å²) >= 11 is 0. The number of guanidine groups is 1. The Morgan fingerprint density at radius 1 is 1.07 bits per heavy atom. The molecule has 27 heavy (non-hydrogen) atoms. The average molecular weight is 378 g/mol. The highest BCUT2D eigenvalue weighted by molar-refractivity contribution is 5.79. The van der Waals surface area contributed by atoms with Gasteiger partial charge in [-0.2, -0.15) is 0 Å². The van der Waals surface area contributed by atoms with E-state index in [1.807, 2.05) is 12.1 Å². The van der Waals surface area contributed by atoms with Gasteiger partial charge in [-0.25, -0.2) is 4.39 Å². The van der Waals surface area contributed by atoms with E-state index >= 15 is 0 Å². The van der Waals surface area contributed by atoms with Crippen molar-refractivity contribution in [1.29, 1.82) is 0 Å². The van der Waals surface area contributed by atoms with Crippen LogP contribution in [0.15, 0.2) is 29.3 Å². The van der Waals surface area contributed by atoms with Crippen LogP contribution >= 0.6 is 0 Å². The SMILES string of the molecule is CCNC(=NCC(C)CN1CCN(CC)CC1)NCCc1ccc(F)cc1. The molecule has 1 heterocycles. The molecule has 0 spiro atoms. The fourth-order valence-corrected chi connectivity index (χ4v) is 3.35. The van der Waals surface area contributed by atoms with Crippen LogP contribution in [-0.2, 0) is 6.42 Å². The Balaban J connectivity index is 1.72. The topological polar surface area (TPSA) is 42.9 Å². The summed E-state index contributed by atoms with van der Waals surface area (Å²) in [5.74, 6) is 1.21. The highest BCUT2D eigenvalue weighted by Crippen LogP contribution is 2.06. The van der Waals surface area contributed by atoms with Crippen molar-refractivity contribution in [3.05, 3.63) is 35.6 Å². The molecule has 1 unspecified atom stereocenters. The van der Waals surface area contributed by atoms with Crippen molar-refractivity contribution in [2.24, 2.45) is 10.9 Å². The molecule has 1 atom stereocenters. The predicted octanol–water partition coefficient (Wildman–Crippen LogP) is 2.20. The van der Waals surface area contributed by atoms with Crippen LogP contribution in [0.5, 0.6) is 0 Å². The number of aliphatic imine (C=N–C) groups is 1. The van der Waals surface area contributed by atoms with E-state index in [0.29, 0.717) is 5.92 Å². The molecule has 2 N–H and O–H groups in total. The van der Waals surface area contributed by atoms with Gasteiger partial charge in [0.15, 0.2) is 5.96 Å². The maximum atomic E-state index is 13.0. The minimum absolute atomic E-state index is 0.188. The van der Waals surface area contributed by atoms with Gasteiger partial charge in [-0.1, -0.05) is 26.0 Å². The van der Waals surface area contributed by atoms with E-state index < -0.39 is 0 Å². The van der Waals surface area contributed by atoms with Crippen LogP contribution in [0.1, 0.15) is 26.3 Å². The molecule has 1 saturated heterocycles. The van der Waals surface area contributed by atoms with Crippen LogP contribution in [0.4, 0.5) is 4.39 Å². The second-order valence-corrected chi connectivity index (χ2v) is 7.36. The summed E-state index contributed by atoms with van der Waals surface area (Å²) in [5, 5.41) is 6.69. The molecular weight excluding hydrogens is 341 g/mol. The largest absolute Gasteiger partial charge is 0.357 e. The maximum Gasteiger partial charge on any atom is 0.191 e. The molecule has 0 saturated carbocycles. The summed E-state index contributed by atoms with van der Waals surface area (Å²) in [6.45, 7) is 16.0. The van der Waals surface area contributed by atoms with Crippen LogP contribution in [-0.4, -0.2) is 74.7 Å². The Hall–Kier alpha value is -1.66. The van der Waals surface area contributed by atoms with Crippen molar-refractivity contribution in [3.8, 4) is 0 Å². The number of nitrogens with zero attached hydrogens (tertiary/aromatic N) is 3. The van der Waals surface area contributed by atoms with Crippen LogP contribution in [0.2, 0.25) is 0 Å². The average Bonchev–Trinajstić information content (AvgIpc) is 2.68. The molecule has 0 bridgehead atoms. The highest BCUT2D eigenvalue weighted by atomic mass is 19.1. The molecule has 1 aliphatic rings. The molecule has 1 aliphatic heterocycles. The van der Waals surface area contributed by atoms with Gasteiger partial charge < -0.3 is 20.4 Å². The van der Waals surface area contributed by atoms with Crippen LogP contribution < -0.4 is 10.6 Å². The molecule has 0 aliphatic carbocycles. The molecule has 6 heteroatoms. The third-order valence-electron chi connectivity index (χ3n) is 5.01. The van der Waals surface area contributed by atoms with E-state index in [1.165, 1.54) is 25.2 Å². The zero-order chi connectivity index (χ0) is 19.5. The third kappa shape index (κ3) is 8.26. The molecule has 1 aromatic carbocycles. The Morgan fingerprint density at radius 2 is 1.74 bits per heavy atom. The van der Waals surface area contributed by atoms with Gasteiger partial charge in [0.2, 0.25) is 0 Å². The minimum atomic E-state index is -0.188. The zero-order valence-electron chi connectivity index (χ0n) is 17.2. The van der Waals surface area contributed by atoms with Crippen molar-refractivity contribution in [2.45, 2.75) is 27.2 Å². The van der Waals surface area contributed by atoms with Crippen molar-refractivity contribution in [1.82, 2.24) is 20.4 Å². The van der Waals surface area contributed by atoms with Crippen molar-refractivity contribution in [2.75, 3.05) is 58.9 Å². The Kier molecular flexibility index (Phi) is 9.56. The first-order valence-electron chi connectivity index (χ1n) is 10.3. The number of likely N-dealkylation sites (N-methyl/N-ethyl adjacent to an activating group) is 1. The summed E-state index contributed by atoms with van der Waals surface area (Å²) < 4.78 is 13.0. The Bertz CT molecular complexity index is 552. The smallest absolute Gasteiger partial charge is 0.191 e. The third-order valence-corrected chi connectivity index (χ3v) is 5.01. The first-order valence-corrected chi connectivity index (χ1v) is 10.3. The molecule has 0 amide bonds. The number of hydrogen-bond donors (Lipinski definition) is 2. The maximum absolute atomic E-state index is 13.0. The second-order valence-electron chi connectivity index (χ2n) is 7.36. The first-order chi connectivity index (χ1) is 13.1. The lowest BCUT2D eigenvalue weighted by molar-refractivity contribution is 0.125. The minimum Gasteiger partial charge on any atom is -0.357 e. The van der Waals surface area contributed by atoms with E-state index in [9.17, 15) is 4.39 Å². The quantitative estimate of drug-likeness (QED) is 0.511. The van der Waals surface area contributed by atoms with Crippen LogP contribution in [0.3, 0.4) is 0 Å². The van der Waals surface area contributed by atoms with Crippen molar-refractivity contribution in [3.63, 3.8) is 0 Å². The number of halogens is 1. The van der Waals surface area contributed by atoms with Gasteiger partial charge >= 0.3 is 0 Å². The van der Waals surface area contributed by atoms with Crippen molar-refractivity contribution >= 4 is 5.96 Å². The lowest BCUT2D eigenvalue weighted by atomic mass is 10.1. The first kappa shape index (κ1) is 21.6. The fourth-order valence-electron chi connectivity index (χ4n) is 3.35. The van der Waals surface area contributed by atoms with E-state index in [4.69, 9.17) is 4.99 Å². The van der Waals surface area contributed by atoms with E-state index in [1.54, 1.807) is 0 Å². The Labute approximate surface area is 164 Å². The van der Waals surface area contributed by atoms with Gasteiger partial charge in [0.25, 0.3) is 0 Å². The summed E-state index contributed by atoms with van der Waals surface area (Å²) in [6, 6.07) is 6.69. The summed E-state index contributed by atoms with van der Waals surface area (Å²) in [4.78, 5) is 9.82. The highest BCUT2D eigenvalue weighted by Gasteiger charge is 2.17. The number of nitrogens with one attached hydrogen (secondary N) is 2. The van der Waals surface area contributed by atoms with Gasteiger partial charge in [0.05, 0.1) is 0 Å². The predicted molar refractivity (Wildman–Crippen MR) is 112 cm³/mol. The van der Waals surface area contributed by atoms with Gasteiger partial charge in [0, 0.05) is 52.4 Å². The van der Waals surface area contributed by atoms with Crippen LogP contribution in [0.25, 0.3) is 0 Å².